The Morgan fingerprint density at radius 3 is 2.74 bits per heavy atom. The highest BCUT2D eigenvalue weighted by Crippen LogP contribution is 2.39. The number of aromatic nitrogens is 3. The summed E-state index contributed by atoms with van der Waals surface area (Å²) in [5, 5.41) is 8.39. The smallest absolute Gasteiger partial charge is 0.248 e. The van der Waals surface area contributed by atoms with Crippen LogP contribution in [0.3, 0.4) is 0 Å². The van der Waals surface area contributed by atoms with Gasteiger partial charge in [0.15, 0.2) is 17.3 Å². The molecule has 1 aliphatic rings. The maximum atomic E-state index is 12.4. The third-order valence-corrected chi connectivity index (χ3v) is 5.24. The first-order valence-corrected chi connectivity index (χ1v) is 10.1. The Bertz CT molecular complexity index is 1190. The lowest BCUT2D eigenvalue weighted by Crippen LogP contribution is -2.31. The van der Waals surface area contributed by atoms with Crippen LogP contribution in [0.4, 0.5) is 5.95 Å². The Kier molecular flexibility index (Phi) is 5.56. The van der Waals surface area contributed by atoms with Crippen LogP contribution in [0.1, 0.15) is 25.5 Å². The number of carbonyl (C=O) groups excluding carboxylic acids is 1. The van der Waals surface area contributed by atoms with Crippen LogP contribution < -0.4 is 20.5 Å². The van der Waals surface area contributed by atoms with Crippen molar-refractivity contribution in [3.8, 4) is 22.9 Å². The van der Waals surface area contributed by atoms with E-state index in [1.165, 1.54) is 0 Å². The van der Waals surface area contributed by atoms with Gasteiger partial charge in [-0.05, 0) is 43.7 Å². The number of benzene rings is 2. The third kappa shape index (κ3) is 3.82. The molecule has 0 spiro atoms. The lowest BCUT2D eigenvalue weighted by molar-refractivity contribution is -0.115. The first kappa shape index (κ1) is 20.7. The van der Waals surface area contributed by atoms with Gasteiger partial charge in [0.05, 0.1) is 19.3 Å². The van der Waals surface area contributed by atoms with Gasteiger partial charge in [-0.2, -0.15) is 4.98 Å². The lowest BCUT2D eigenvalue weighted by Gasteiger charge is -2.28. The molecule has 1 aromatic heterocycles. The van der Waals surface area contributed by atoms with Crippen LogP contribution in [0.15, 0.2) is 53.7 Å². The van der Waals surface area contributed by atoms with Crippen LogP contribution >= 0.6 is 11.6 Å². The van der Waals surface area contributed by atoms with Gasteiger partial charge in [-0.15, -0.1) is 5.10 Å². The molecule has 31 heavy (non-hydrogen) atoms. The molecule has 0 fully saturated rings. The molecule has 4 rings (SSSR count). The van der Waals surface area contributed by atoms with Crippen LogP contribution in [-0.2, 0) is 4.79 Å². The molecule has 0 saturated carbocycles. The van der Waals surface area contributed by atoms with Gasteiger partial charge in [0.25, 0.3) is 0 Å². The number of allylic oxidation sites excluding steroid dienone is 1. The van der Waals surface area contributed by atoms with E-state index in [0.717, 1.165) is 11.1 Å². The van der Waals surface area contributed by atoms with E-state index in [9.17, 15) is 4.79 Å². The van der Waals surface area contributed by atoms with Gasteiger partial charge >= 0.3 is 0 Å². The van der Waals surface area contributed by atoms with Gasteiger partial charge in [0.2, 0.25) is 11.9 Å². The number of anilines is 1. The summed E-state index contributed by atoms with van der Waals surface area (Å²) in [6, 6.07) is 12.2. The average Bonchev–Trinajstić information content (AvgIpc) is 3.16. The fourth-order valence-corrected chi connectivity index (χ4v) is 3.85. The SMILES string of the molecule is CCOc1ccc([C@@H]2C(C(N)=O)=C(C)Nc3nc(-c4cccc(Cl)c4)nn32)cc1OC. The van der Waals surface area contributed by atoms with Gasteiger partial charge in [-0.25, -0.2) is 4.68 Å². The monoisotopic (exact) mass is 439 g/mol. The maximum Gasteiger partial charge on any atom is 0.248 e. The summed E-state index contributed by atoms with van der Waals surface area (Å²) in [7, 11) is 1.57. The number of amides is 1. The van der Waals surface area contributed by atoms with E-state index in [2.05, 4.69) is 15.4 Å². The normalized spacial score (nSPS) is 15.3. The summed E-state index contributed by atoms with van der Waals surface area (Å²) < 4.78 is 12.8. The van der Waals surface area contributed by atoms with Crippen molar-refractivity contribution in [1.82, 2.24) is 14.8 Å². The molecule has 2 aromatic carbocycles. The van der Waals surface area contributed by atoms with Crippen LogP contribution in [-0.4, -0.2) is 34.4 Å². The van der Waals surface area contributed by atoms with E-state index in [1.807, 2.05) is 37.3 Å². The fraction of sp³-hybridized carbons (Fsp3) is 0.227. The van der Waals surface area contributed by atoms with E-state index in [4.69, 9.17) is 26.8 Å². The minimum atomic E-state index is -0.584. The van der Waals surface area contributed by atoms with Crippen molar-refractivity contribution in [1.29, 1.82) is 0 Å². The molecule has 160 valence electrons. The second-order valence-corrected chi connectivity index (χ2v) is 7.42. The number of fused-ring (bicyclic) bond motifs is 1. The Balaban J connectivity index is 1.87. The molecule has 9 heteroatoms. The summed E-state index contributed by atoms with van der Waals surface area (Å²) in [5.74, 6) is 1.59. The number of hydrogen-bond acceptors (Lipinski definition) is 6. The first-order valence-electron chi connectivity index (χ1n) is 9.73. The van der Waals surface area contributed by atoms with Gasteiger partial charge in [-0.1, -0.05) is 29.8 Å². The van der Waals surface area contributed by atoms with E-state index < -0.39 is 11.9 Å². The van der Waals surface area contributed by atoms with Crippen molar-refractivity contribution in [2.45, 2.75) is 19.9 Å². The van der Waals surface area contributed by atoms with Crippen molar-refractivity contribution in [3.05, 3.63) is 64.3 Å². The summed E-state index contributed by atoms with van der Waals surface area (Å²) in [6.07, 6.45) is 0. The Hall–Kier alpha value is -3.52. The van der Waals surface area contributed by atoms with Crippen molar-refractivity contribution in [2.75, 3.05) is 19.0 Å². The van der Waals surface area contributed by atoms with Crippen LogP contribution in [0.2, 0.25) is 5.02 Å². The van der Waals surface area contributed by atoms with Gasteiger partial charge in [0.1, 0.15) is 6.04 Å². The predicted octanol–water partition coefficient (Wildman–Crippen LogP) is 3.78. The number of halogens is 1. The predicted molar refractivity (Wildman–Crippen MR) is 118 cm³/mol. The topological polar surface area (TPSA) is 104 Å². The van der Waals surface area contributed by atoms with E-state index >= 15 is 0 Å². The number of rotatable bonds is 6. The minimum Gasteiger partial charge on any atom is -0.493 e. The Morgan fingerprint density at radius 1 is 1.26 bits per heavy atom. The average molecular weight is 440 g/mol. The van der Waals surface area contributed by atoms with Crippen LogP contribution in [0.5, 0.6) is 11.5 Å². The van der Waals surface area contributed by atoms with E-state index in [0.29, 0.717) is 46.2 Å². The largest absolute Gasteiger partial charge is 0.493 e. The third-order valence-electron chi connectivity index (χ3n) is 5.00. The van der Waals surface area contributed by atoms with E-state index in [1.54, 1.807) is 30.8 Å². The maximum absolute atomic E-state index is 12.4. The highest BCUT2D eigenvalue weighted by atomic mass is 35.5. The number of nitrogens with one attached hydrogen (secondary N) is 1. The first-order chi connectivity index (χ1) is 14.9. The Morgan fingerprint density at radius 2 is 2.06 bits per heavy atom. The van der Waals surface area contributed by atoms with Gasteiger partial charge < -0.3 is 20.5 Å². The lowest BCUT2D eigenvalue weighted by atomic mass is 9.95. The van der Waals surface area contributed by atoms with Crippen molar-refractivity contribution in [3.63, 3.8) is 0 Å². The molecule has 3 aromatic rings. The van der Waals surface area contributed by atoms with Crippen molar-refractivity contribution < 1.29 is 14.3 Å². The fourth-order valence-electron chi connectivity index (χ4n) is 3.66. The Labute approximate surface area is 184 Å². The van der Waals surface area contributed by atoms with Crippen molar-refractivity contribution >= 4 is 23.5 Å². The molecule has 0 aliphatic carbocycles. The second kappa shape index (κ2) is 8.31. The zero-order valence-corrected chi connectivity index (χ0v) is 18.1. The van der Waals surface area contributed by atoms with E-state index in [-0.39, 0.29) is 0 Å². The molecule has 1 amide bonds. The van der Waals surface area contributed by atoms with Crippen LogP contribution in [0, 0.1) is 0 Å². The second-order valence-electron chi connectivity index (χ2n) is 6.99. The van der Waals surface area contributed by atoms with Crippen LogP contribution in [0.25, 0.3) is 11.4 Å². The highest BCUT2D eigenvalue weighted by Gasteiger charge is 2.34. The molecule has 0 unspecified atom stereocenters. The molecule has 0 bridgehead atoms. The van der Waals surface area contributed by atoms with Gasteiger partial charge in [-0.3, -0.25) is 4.79 Å². The van der Waals surface area contributed by atoms with Gasteiger partial charge in [0, 0.05) is 16.3 Å². The number of carbonyl (C=O) groups is 1. The molecular weight excluding hydrogens is 418 g/mol. The number of hydrogen-bond donors (Lipinski definition) is 2. The summed E-state index contributed by atoms with van der Waals surface area (Å²) in [6.45, 7) is 4.19. The molecular formula is C22H22ClN5O3. The summed E-state index contributed by atoms with van der Waals surface area (Å²) in [4.78, 5) is 17.0. The highest BCUT2D eigenvalue weighted by molar-refractivity contribution is 6.30. The number of methoxy groups -OCH3 is 1. The molecule has 0 saturated heterocycles. The number of nitrogens with zero attached hydrogens (tertiary/aromatic N) is 3. The molecule has 1 aliphatic heterocycles. The number of nitrogens with two attached hydrogens (primary N) is 1. The quantitative estimate of drug-likeness (QED) is 0.605. The molecule has 3 N–H and O–H groups in total. The number of primary amides is 1. The molecule has 1 atom stereocenters. The minimum absolute atomic E-state index is 0.390. The standard InChI is InChI=1S/C22H22ClN5O3/c1-4-31-16-9-8-13(11-17(16)30-3)19-18(20(24)29)12(2)25-22-26-21(27-28(19)22)14-6-5-7-15(23)10-14/h5-11,19H,4H2,1-3H3,(H2,24,29)(H,25,26,27)/t19-/m1/s1. The summed E-state index contributed by atoms with van der Waals surface area (Å²) in [5.41, 5.74) is 8.28. The zero-order chi connectivity index (χ0) is 22.1. The molecule has 0 radical (unpaired) electrons. The molecule has 2 heterocycles. The summed E-state index contributed by atoms with van der Waals surface area (Å²) >= 11 is 6.13. The zero-order valence-electron chi connectivity index (χ0n) is 17.3. The van der Waals surface area contributed by atoms with Crippen molar-refractivity contribution in [2.24, 2.45) is 5.73 Å². The number of ether oxygens (including phenoxy) is 2. The molecule has 8 nitrogen and oxygen atoms in total.